The summed E-state index contributed by atoms with van der Waals surface area (Å²) in [5.74, 6) is 0. The zero-order valence-electron chi connectivity index (χ0n) is 17.0. The summed E-state index contributed by atoms with van der Waals surface area (Å²) in [6, 6.07) is 16.4. The molecule has 0 fully saturated rings. The first-order chi connectivity index (χ1) is 14.2. The Bertz CT molecular complexity index is 1120. The maximum atomic E-state index is 4.62. The SMILES string of the molecule is C1=Cc2cc3ccc(cc4ccc(cc5nc(cc1n2)C=C5)[nH]4)[nH]3.[CH2-]CCCC.[Co]. The van der Waals surface area contributed by atoms with E-state index in [0.29, 0.717) is 0 Å². The van der Waals surface area contributed by atoms with Crippen LogP contribution in [0.3, 0.4) is 0 Å². The van der Waals surface area contributed by atoms with Crippen molar-refractivity contribution in [3.05, 3.63) is 78.2 Å². The Morgan fingerprint density at radius 2 is 1.07 bits per heavy atom. The smallest absolute Gasteiger partial charge is 0.0659 e. The number of H-pyrrole nitrogens is 2. The van der Waals surface area contributed by atoms with E-state index in [0.717, 1.165) is 51.3 Å². The molecule has 0 saturated carbocycles. The molecule has 0 aromatic carbocycles. The molecule has 2 aliphatic rings. The molecule has 3 aromatic rings. The topological polar surface area (TPSA) is 57.4 Å². The van der Waals surface area contributed by atoms with E-state index in [-0.39, 0.29) is 16.8 Å². The van der Waals surface area contributed by atoms with Gasteiger partial charge in [0.2, 0.25) is 0 Å². The van der Waals surface area contributed by atoms with Crippen molar-refractivity contribution in [3.63, 3.8) is 0 Å². The number of hydrogen-bond donors (Lipinski definition) is 2. The van der Waals surface area contributed by atoms with Gasteiger partial charge in [-0.25, -0.2) is 9.97 Å². The van der Waals surface area contributed by atoms with Crippen LogP contribution < -0.4 is 0 Å². The number of rotatable bonds is 2. The standard InChI is InChI=1S/C20H14N4.C5H11.Co/c1-2-14-10-16-5-6-18(23-16)12-20-8-7-19(24-20)11-17-4-3-15(22-17)9-13(1)21-14;1-3-5-4-2;/h1-12,21-22H;1,3-5H2,2H3;/q;-1;. The first kappa shape index (κ1) is 21.8. The summed E-state index contributed by atoms with van der Waals surface area (Å²) in [7, 11) is 0. The van der Waals surface area contributed by atoms with E-state index in [1.807, 2.05) is 42.5 Å². The molecular weight excluding hydrogens is 415 g/mol. The Kier molecular flexibility index (Phi) is 7.44. The minimum atomic E-state index is 0. The third kappa shape index (κ3) is 5.59. The van der Waals surface area contributed by atoms with Crippen LogP contribution in [0.25, 0.3) is 46.4 Å². The molecule has 155 valence electrons. The number of aromatic amines is 2. The van der Waals surface area contributed by atoms with Crippen molar-refractivity contribution in [2.75, 3.05) is 0 Å². The van der Waals surface area contributed by atoms with Crippen LogP contribution in [0.1, 0.15) is 49.0 Å². The van der Waals surface area contributed by atoms with Gasteiger partial charge in [-0.2, -0.15) is 6.42 Å². The molecule has 0 saturated heterocycles. The van der Waals surface area contributed by atoms with E-state index >= 15 is 0 Å². The molecule has 30 heavy (non-hydrogen) atoms. The van der Waals surface area contributed by atoms with Gasteiger partial charge in [-0.05, 0) is 72.8 Å². The Morgan fingerprint density at radius 1 is 0.667 bits per heavy atom. The van der Waals surface area contributed by atoms with Crippen LogP contribution in [-0.2, 0) is 16.8 Å². The Hall–Kier alpha value is -2.89. The molecule has 4 nitrogen and oxygen atoms in total. The monoisotopic (exact) mass is 440 g/mol. The van der Waals surface area contributed by atoms with E-state index in [1.165, 1.54) is 12.8 Å². The van der Waals surface area contributed by atoms with Crippen molar-refractivity contribution in [2.45, 2.75) is 26.2 Å². The molecule has 2 aliphatic heterocycles. The predicted octanol–water partition coefficient (Wildman–Crippen LogP) is 6.66. The Balaban J connectivity index is 0.000000386. The van der Waals surface area contributed by atoms with Gasteiger partial charge in [0.1, 0.15) is 0 Å². The van der Waals surface area contributed by atoms with E-state index in [4.69, 9.17) is 0 Å². The summed E-state index contributed by atoms with van der Waals surface area (Å²) < 4.78 is 0. The number of hydrogen-bond acceptors (Lipinski definition) is 2. The summed E-state index contributed by atoms with van der Waals surface area (Å²) in [6.07, 6.45) is 11.7. The summed E-state index contributed by atoms with van der Waals surface area (Å²) in [4.78, 5) is 16.0. The minimum absolute atomic E-state index is 0. The second-order valence-electron chi connectivity index (χ2n) is 7.11. The maximum absolute atomic E-state index is 4.62. The average Bonchev–Trinajstić information content (AvgIpc) is 3.48. The molecule has 0 atom stereocenters. The molecule has 8 bridgehead atoms. The fourth-order valence-electron chi connectivity index (χ4n) is 3.19. The van der Waals surface area contributed by atoms with Gasteiger partial charge in [-0.1, -0.05) is 19.8 Å². The Labute approximate surface area is 187 Å². The summed E-state index contributed by atoms with van der Waals surface area (Å²) in [6.45, 7) is 5.85. The largest absolute Gasteiger partial charge is 0.355 e. The zero-order valence-corrected chi connectivity index (χ0v) is 18.0. The number of fused-ring (bicyclic) bond motifs is 8. The molecule has 5 heterocycles. The fourth-order valence-corrected chi connectivity index (χ4v) is 3.19. The van der Waals surface area contributed by atoms with E-state index in [1.54, 1.807) is 0 Å². The normalized spacial score (nSPS) is 11.5. The molecular formula is C25H25CoN4-. The second kappa shape index (κ2) is 10.2. The maximum Gasteiger partial charge on any atom is 0.0659 e. The van der Waals surface area contributed by atoms with Gasteiger partial charge >= 0.3 is 0 Å². The predicted molar refractivity (Wildman–Crippen MR) is 124 cm³/mol. The molecule has 0 aliphatic carbocycles. The number of unbranched alkanes of at least 4 members (excludes halogenated alkanes) is 2. The first-order valence-electron chi connectivity index (χ1n) is 10.1. The molecule has 5 rings (SSSR count). The van der Waals surface area contributed by atoms with Gasteiger partial charge in [-0.3, -0.25) is 0 Å². The van der Waals surface area contributed by atoms with E-state index < -0.39 is 0 Å². The quantitative estimate of drug-likeness (QED) is 0.302. The molecule has 3 aromatic heterocycles. The third-order valence-corrected chi connectivity index (χ3v) is 4.65. The van der Waals surface area contributed by atoms with Crippen LogP contribution in [0.5, 0.6) is 0 Å². The molecule has 0 unspecified atom stereocenters. The third-order valence-electron chi connectivity index (χ3n) is 4.65. The van der Waals surface area contributed by atoms with E-state index in [9.17, 15) is 0 Å². The number of nitrogens with zero attached hydrogens (tertiary/aromatic N) is 2. The van der Waals surface area contributed by atoms with Gasteiger partial charge in [0.25, 0.3) is 0 Å². The molecule has 1 radical (unpaired) electrons. The van der Waals surface area contributed by atoms with Crippen LogP contribution in [0, 0.1) is 6.92 Å². The zero-order chi connectivity index (χ0) is 20.1. The van der Waals surface area contributed by atoms with Gasteiger partial charge in [0, 0.05) is 38.8 Å². The van der Waals surface area contributed by atoms with Crippen LogP contribution in [0.2, 0.25) is 0 Å². The van der Waals surface area contributed by atoms with Crippen molar-refractivity contribution < 1.29 is 16.8 Å². The first-order valence-corrected chi connectivity index (χ1v) is 10.1. The summed E-state index contributed by atoms with van der Waals surface area (Å²) in [5.41, 5.74) is 7.86. The van der Waals surface area contributed by atoms with Gasteiger partial charge in [0.15, 0.2) is 0 Å². The summed E-state index contributed by atoms with van der Waals surface area (Å²) in [5, 5.41) is 0. The van der Waals surface area contributed by atoms with Crippen molar-refractivity contribution in [1.82, 2.24) is 19.9 Å². The minimum Gasteiger partial charge on any atom is -0.355 e. The van der Waals surface area contributed by atoms with Gasteiger partial charge in [0.05, 0.1) is 22.8 Å². The van der Waals surface area contributed by atoms with Crippen LogP contribution in [0.4, 0.5) is 0 Å². The number of aromatic nitrogens is 4. The summed E-state index contributed by atoms with van der Waals surface area (Å²) >= 11 is 0. The molecule has 0 amide bonds. The van der Waals surface area contributed by atoms with Crippen molar-refractivity contribution >= 4 is 46.4 Å². The van der Waals surface area contributed by atoms with Gasteiger partial charge < -0.3 is 16.9 Å². The van der Waals surface area contributed by atoms with Crippen LogP contribution >= 0.6 is 0 Å². The molecule has 5 heteroatoms. The molecule has 0 spiro atoms. The van der Waals surface area contributed by atoms with Crippen molar-refractivity contribution in [1.29, 1.82) is 0 Å². The van der Waals surface area contributed by atoms with Crippen molar-refractivity contribution in [3.8, 4) is 0 Å². The Morgan fingerprint density at radius 3 is 1.43 bits per heavy atom. The second-order valence-corrected chi connectivity index (χ2v) is 7.11. The average molecular weight is 440 g/mol. The van der Waals surface area contributed by atoms with Gasteiger partial charge in [-0.15, -0.1) is 0 Å². The molecule has 2 N–H and O–H groups in total. The van der Waals surface area contributed by atoms with E-state index in [2.05, 4.69) is 64.1 Å². The van der Waals surface area contributed by atoms with Crippen molar-refractivity contribution in [2.24, 2.45) is 0 Å². The number of nitrogens with one attached hydrogen (secondary N) is 2. The fraction of sp³-hybridized carbons (Fsp3) is 0.160. The van der Waals surface area contributed by atoms with Crippen LogP contribution in [0.15, 0.2) is 48.5 Å². The van der Waals surface area contributed by atoms with Crippen LogP contribution in [-0.4, -0.2) is 19.9 Å².